The van der Waals surface area contributed by atoms with Crippen molar-refractivity contribution in [2.75, 3.05) is 0 Å². The summed E-state index contributed by atoms with van der Waals surface area (Å²) in [4.78, 5) is 36.8. The second-order valence-electron chi connectivity index (χ2n) is 8.13. The van der Waals surface area contributed by atoms with E-state index in [9.17, 15) is 39.9 Å². The van der Waals surface area contributed by atoms with E-state index in [0.717, 1.165) is 19.1 Å². The molecule has 5 unspecified atom stereocenters. The largest absolute Gasteiger partial charge is 0.504 e. The van der Waals surface area contributed by atoms with Gasteiger partial charge in [0, 0.05) is 17.7 Å². The van der Waals surface area contributed by atoms with Crippen LogP contribution in [0.5, 0.6) is 23.0 Å². The highest BCUT2D eigenvalue weighted by Gasteiger charge is 2.46. The maximum Gasteiger partial charge on any atom is 0.344 e. The van der Waals surface area contributed by atoms with E-state index < -0.39 is 82.1 Å². The summed E-state index contributed by atoms with van der Waals surface area (Å²) in [6, 6.07) is 1.97. The smallest absolute Gasteiger partial charge is 0.344 e. The van der Waals surface area contributed by atoms with Gasteiger partial charge in [0.15, 0.2) is 28.8 Å². The van der Waals surface area contributed by atoms with Crippen LogP contribution in [0.25, 0.3) is 32.7 Å². The fourth-order valence-electron chi connectivity index (χ4n) is 4.20. The van der Waals surface area contributed by atoms with Gasteiger partial charge in [0.05, 0.1) is 16.9 Å². The van der Waals surface area contributed by atoms with Gasteiger partial charge in [-0.25, -0.2) is 9.59 Å². The summed E-state index contributed by atoms with van der Waals surface area (Å²) in [6.45, 7) is 2.48. The van der Waals surface area contributed by atoms with E-state index in [-0.39, 0.29) is 21.5 Å². The molecule has 1 aliphatic rings. The van der Waals surface area contributed by atoms with Crippen molar-refractivity contribution in [3.05, 3.63) is 33.0 Å². The molecule has 4 aromatic rings. The monoisotopic (exact) mass is 490 g/mol. The summed E-state index contributed by atoms with van der Waals surface area (Å²) in [7, 11) is 0. The van der Waals surface area contributed by atoms with E-state index in [4.69, 9.17) is 23.0 Å². The first kappa shape index (κ1) is 22.7. The van der Waals surface area contributed by atoms with E-state index in [0.29, 0.717) is 0 Å². The van der Waals surface area contributed by atoms with Crippen molar-refractivity contribution >= 4 is 38.7 Å². The molecule has 184 valence electrons. The van der Waals surface area contributed by atoms with Gasteiger partial charge in [-0.15, -0.1) is 0 Å². The van der Waals surface area contributed by atoms with Crippen LogP contribution in [-0.4, -0.2) is 62.2 Å². The van der Waals surface area contributed by atoms with Crippen molar-refractivity contribution in [2.24, 2.45) is 0 Å². The van der Waals surface area contributed by atoms with Gasteiger partial charge in [0.1, 0.15) is 12.2 Å². The minimum Gasteiger partial charge on any atom is -0.504 e. The molecule has 1 saturated heterocycles. The lowest BCUT2D eigenvalue weighted by Gasteiger charge is -2.40. The van der Waals surface area contributed by atoms with Gasteiger partial charge >= 0.3 is 17.2 Å². The molecule has 1 fully saturated rings. The van der Waals surface area contributed by atoms with E-state index in [2.05, 4.69) is 0 Å². The Kier molecular flexibility index (Phi) is 5.01. The van der Waals surface area contributed by atoms with E-state index in [1.807, 2.05) is 0 Å². The lowest BCUT2D eigenvalue weighted by atomic mass is 9.99. The Hall–Kier alpha value is -4.07. The number of carbonyl (C=O) groups is 1. The van der Waals surface area contributed by atoms with Gasteiger partial charge in [0.2, 0.25) is 17.8 Å². The maximum atomic E-state index is 12.7. The standard InChI is InChI=1S/C22H18O13/c1-5-13(25)16(28)19(32-6(2)23)22(31-5)33-10-4-8-12-11-7(20(29)35-18(12)15(10)27)3-9(24)14(26)17(11)34-21(8)30/h3-5,13,16,19,22,24-28H,1-2H3. The number of hydrogen-bond donors (Lipinski definition) is 5. The molecular weight excluding hydrogens is 472 g/mol. The average Bonchev–Trinajstić information content (AvgIpc) is 2.79. The Morgan fingerprint density at radius 3 is 2.09 bits per heavy atom. The molecule has 3 heterocycles. The Morgan fingerprint density at radius 1 is 0.914 bits per heavy atom. The van der Waals surface area contributed by atoms with Crippen molar-refractivity contribution in [3.8, 4) is 23.0 Å². The second kappa shape index (κ2) is 7.73. The van der Waals surface area contributed by atoms with E-state index in [1.54, 1.807) is 0 Å². The molecular formula is C22H18O13. The number of aliphatic hydroxyl groups is 2. The van der Waals surface area contributed by atoms with Crippen molar-refractivity contribution in [3.63, 3.8) is 0 Å². The number of rotatable bonds is 3. The lowest BCUT2D eigenvalue weighted by Crippen LogP contribution is -2.59. The summed E-state index contributed by atoms with van der Waals surface area (Å²) >= 11 is 0. The molecule has 0 spiro atoms. The molecule has 13 heteroatoms. The number of aliphatic hydroxyl groups excluding tert-OH is 2. The predicted molar refractivity (Wildman–Crippen MR) is 115 cm³/mol. The third-order valence-corrected chi connectivity index (χ3v) is 5.86. The average molecular weight is 490 g/mol. The van der Waals surface area contributed by atoms with Gasteiger partial charge in [-0.2, -0.15) is 0 Å². The zero-order valence-corrected chi connectivity index (χ0v) is 18.0. The number of phenolic OH excluding ortho intramolecular Hbond substituents is 3. The predicted octanol–water partition coefficient (Wildman–Crippen LogP) is 0.384. The quantitative estimate of drug-likeness (QED) is 0.114. The molecule has 0 saturated carbocycles. The van der Waals surface area contributed by atoms with Crippen LogP contribution in [0, 0.1) is 0 Å². The highest BCUT2D eigenvalue weighted by Crippen LogP contribution is 2.45. The number of hydrogen-bond acceptors (Lipinski definition) is 13. The van der Waals surface area contributed by atoms with Gasteiger partial charge in [-0.05, 0) is 19.1 Å². The number of phenols is 3. The van der Waals surface area contributed by atoms with Crippen LogP contribution < -0.4 is 16.0 Å². The van der Waals surface area contributed by atoms with Crippen molar-refractivity contribution in [1.82, 2.24) is 0 Å². The van der Waals surface area contributed by atoms with Gasteiger partial charge in [-0.1, -0.05) is 0 Å². The van der Waals surface area contributed by atoms with Gasteiger partial charge < -0.3 is 48.6 Å². The molecule has 13 nitrogen and oxygen atoms in total. The van der Waals surface area contributed by atoms with Crippen molar-refractivity contribution in [2.45, 2.75) is 44.6 Å². The summed E-state index contributed by atoms with van der Waals surface area (Å²) < 4.78 is 26.5. The van der Waals surface area contributed by atoms with Crippen LogP contribution in [0.1, 0.15) is 13.8 Å². The molecule has 5 N–H and O–H groups in total. The number of esters is 1. The maximum absolute atomic E-state index is 12.7. The molecule has 0 bridgehead atoms. The van der Waals surface area contributed by atoms with Crippen LogP contribution in [-0.2, 0) is 14.3 Å². The van der Waals surface area contributed by atoms with Crippen molar-refractivity contribution in [1.29, 1.82) is 0 Å². The molecule has 2 aromatic carbocycles. The van der Waals surface area contributed by atoms with Crippen molar-refractivity contribution < 1.29 is 53.4 Å². The summed E-state index contributed by atoms with van der Waals surface area (Å²) in [5.41, 5.74) is -3.04. The van der Waals surface area contributed by atoms with Crippen LogP contribution >= 0.6 is 0 Å². The van der Waals surface area contributed by atoms with Crippen LogP contribution in [0.15, 0.2) is 30.6 Å². The molecule has 0 amide bonds. The summed E-state index contributed by atoms with van der Waals surface area (Å²) in [5, 5.41) is 50.7. The topological polar surface area (TPSA) is 206 Å². The van der Waals surface area contributed by atoms with Crippen LogP contribution in [0.4, 0.5) is 0 Å². The Morgan fingerprint density at radius 2 is 1.49 bits per heavy atom. The summed E-state index contributed by atoms with van der Waals surface area (Å²) in [5.74, 6) is -3.54. The van der Waals surface area contributed by atoms with Crippen LogP contribution in [0.2, 0.25) is 0 Å². The molecule has 35 heavy (non-hydrogen) atoms. The normalized spacial score (nSPS) is 24.9. The SMILES string of the molecule is CC(=O)OC1C(Oc2cc3c(=O)oc4c(O)c(O)cc5c(=O)oc(c2O)c3c45)OC(C)C(O)C1O. The molecule has 5 atom stereocenters. The molecule has 5 rings (SSSR count). The minimum atomic E-state index is -1.61. The van der Waals surface area contributed by atoms with Gasteiger partial charge in [-0.3, -0.25) is 4.79 Å². The van der Waals surface area contributed by atoms with Gasteiger partial charge in [0.25, 0.3) is 0 Å². The zero-order chi connectivity index (χ0) is 25.3. The fourth-order valence-corrected chi connectivity index (χ4v) is 4.20. The Balaban J connectivity index is 1.73. The number of benzene rings is 2. The second-order valence-corrected chi connectivity index (χ2v) is 8.13. The molecule has 0 radical (unpaired) electrons. The third kappa shape index (κ3) is 3.31. The van der Waals surface area contributed by atoms with Crippen LogP contribution in [0.3, 0.4) is 0 Å². The van der Waals surface area contributed by atoms with E-state index >= 15 is 0 Å². The Labute approximate surface area is 193 Å². The zero-order valence-electron chi connectivity index (χ0n) is 18.0. The first-order valence-corrected chi connectivity index (χ1v) is 10.3. The third-order valence-electron chi connectivity index (χ3n) is 5.86. The highest BCUT2D eigenvalue weighted by atomic mass is 16.7. The number of carbonyl (C=O) groups excluding carboxylic acids is 1. The molecule has 2 aromatic heterocycles. The minimum absolute atomic E-state index is 0.0816. The first-order chi connectivity index (χ1) is 16.5. The lowest BCUT2D eigenvalue weighted by molar-refractivity contribution is -0.273. The first-order valence-electron chi connectivity index (χ1n) is 10.3. The molecule has 1 aliphatic heterocycles. The fraction of sp³-hybridized carbons (Fsp3) is 0.318. The Bertz CT molecular complexity index is 1600. The summed E-state index contributed by atoms with van der Waals surface area (Å²) in [6.07, 6.45) is -7.09. The molecule has 0 aliphatic carbocycles. The number of aromatic hydroxyl groups is 3. The highest BCUT2D eigenvalue weighted by molar-refractivity contribution is 6.22. The number of ether oxygens (including phenoxy) is 3. The van der Waals surface area contributed by atoms with E-state index in [1.165, 1.54) is 6.92 Å².